The predicted octanol–water partition coefficient (Wildman–Crippen LogP) is 4.26. The molecule has 0 bridgehead atoms. The topological polar surface area (TPSA) is 52.6 Å². The van der Waals surface area contributed by atoms with E-state index in [0.29, 0.717) is 26.1 Å². The zero-order valence-electron chi connectivity index (χ0n) is 14.2. The van der Waals surface area contributed by atoms with Gasteiger partial charge in [-0.2, -0.15) is 0 Å². The molecule has 0 amide bonds. The van der Waals surface area contributed by atoms with E-state index in [9.17, 15) is 9.59 Å². The molecule has 4 nitrogen and oxygen atoms in total. The summed E-state index contributed by atoms with van der Waals surface area (Å²) in [5.74, 6) is -0.814. The minimum atomic E-state index is -1.10. The van der Waals surface area contributed by atoms with Gasteiger partial charge in [-0.3, -0.25) is 9.59 Å². The summed E-state index contributed by atoms with van der Waals surface area (Å²) in [6.07, 6.45) is 6.88. The van der Waals surface area contributed by atoms with Crippen molar-refractivity contribution in [2.45, 2.75) is 79.1 Å². The highest BCUT2D eigenvalue weighted by atomic mass is 16.6. The summed E-state index contributed by atoms with van der Waals surface area (Å²) in [7, 11) is 0. The van der Waals surface area contributed by atoms with Crippen molar-refractivity contribution in [3.63, 3.8) is 0 Å². The van der Waals surface area contributed by atoms with Crippen molar-refractivity contribution in [2.24, 2.45) is 5.41 Å². The number of carbonyl (C=O) groups excluding carboxylic acids is 2. The minimum absolute atomic E-state index is 0.293. The normalized spacial score (nSPS) is 11.2. The lowest BCUT2D eigenvalue weighted by molar-refractivity contribution is -0.173. The summed E-state index contributed by atoms with van der Waals surface area (Å²) in [6, 6.07) is 0. The Labute approximate surface area is 129 Å². The maximum absolute atomic E-state index is 12.4. The molecule has 0 atom stereocenters. The standard InChI is InChI=1S/C17H32O4/c1-5-9-11-13-17(14-12-10-6-2,15(18)20-7-3)16(19)21-8-4/h5-14H2,1-4H3. The Hall–Kier alpha value is -1.06. The fourth-order valence-electron chi connectivity index (χ4n) is 2.51. The summed E-state index contributed by atoms with van der Waals surface area (Å²) in [5.41, 5.74) is -1.10. The molecule has 0 aromatic rings. The van der Waals surface area contributed by atoms with Gasteiger partial charge in [-0.25, -0.2) is 0 Å². The van der Waals surface area contributed by atoms with Gasteiger partial charge in [0.05, 0.1) is 13.2 Å². The predicted molar refractivity (Wildman–Crippen MR) is 84.0 cm³/mol. The van der Waals surface area contributed by atoms with Crippen LogP contribution in [0.3, 0.4) is 0 Å². The van der Waals surface area contributed by atoms with Crippen LogP contribution >= 0.6 is 0 Å². The fraction of sp³-hybridized carbons (Fsp3) is 0.882. The Morgan fingerprint density at radius 2 is 1.10 bits per heavy atom. The molecule has 21 heavy (non-hydrogen) atoms. The summed E-state index contributed by atoms with van der Waals surface area (Å²) in [6.45, 7) is 8.34. The van der Waals surface area contributed by atoms with Crippen LogP contribution in [0.15, 0.2) is 0 Å². The number of hydrogen-bond acceptors (Lipinski definition) is 4. The largest absolute Gasteiger partial charge is 0.465 e. The van der Waals surface area contributed by atoms with E-state index in [0.717, 1.165) is 38.5 Å². The number of ether oxygens (including phenoxy) is 2. The first kappa shape index (κ1) is 19.9. The second kappa shape index (κ2) is 11.6. The Kier molecular flexibility index (Phi) is 11.0. The first-order valence-corrected chi connectivity index (χ1v) is 8.43. The van der Waals surface area contributed by atoms with Crippen LogP contribution in [0.4, 0.5) is 0 Å². The zero-order chi connectivity index (χ0) is 16.1. The van der Waals surface area contributed by atoms with Crippen LogP contribution in [0.1, 0.15) is 79.1 Å². The molecule has 0 aromatic heterocycles. The maximum Gasteiger partial charge on any atom is 0.323 e. The number of rotatable bonds is 12. The minimum Gasteiger partial charge on any atom is -0.465 e. The molecule has 4 heteroatoms. The number of unbranched alkanes of at least 4 members (excludes halogenated alkanes) is 4. The van der Waals surface area contributed by atoms with Crippen molar-refractivity contribution >= 4 is 11.9 Å². The molecule has 0 rings (SSSR count). The summed E-state index contributed by atoms with van der Waals surface area (Å²) >= 11 is 0. The van der Waals surface area contributed by atoms with Crippen LogP contribution in [-0.4, -0.2) is 25.2 Å². The molecule has 0 aliphatic carbocycles. The lowest BCUT2D eigenvalue weighted by Gasteiger charge is -2.29. The average molecular weight is 300 g/mol. The average Bonchev–Trinajstić information content (AvgIpc) is 2.46. The second-order valence-corrected chi connectivity index (χ2v) is 5.44. The first-order valence-electron chi connectivity index (χ1n) is 8.43. The molecule has 0 spiro atoms. The van der Waals surface area contributed by atoms with Crippen molar-refractivity contribution in [2.75, 3.05) is 13.2 Å². The lowest BCUT2D eigenvalue weighted by Crippen LogP contribution is -2.42. The third-order valence-corrected chi connectivity index (χ3v) is 3.75. The smallest absolute Gasteiger partial charge is 0.323 e. The Morgan fingerprint density at radius 1 is 0.714 bits per heavy atom. The van der Waals surface area contributed by atoms with E-state index < -0.39 is 17.4 Å². The highest BCUT2D eigenvalue weighted by Gasteiger charge is 2.47. The number of carbonyl (C=O) groups is 2. The van der Waals surface area contributed by atoms with Gasteiger partial charge in [0.25, 0.3) is 0 Å². The van der Waals surface area contributed by atoms with E-state index in [1.54, 1.807) is 13.8 Å². The highest BCUT2D eigenvalue weighted by Crippen LogP contribution is 2.35. The molecule has 0 heterocycles. The number of esters is 2. The van der Waals surface area contributed by atoms with E-state index >= 15 is 0 Å². The van der Waals surface area contributed by atoms with Gasteiger partial charge < -0.3 is 9.47 Å². The van der Waals surface area contributed by atoms with Crippen LogP contribution in [0.25, 0.3) is 0 Å². The summed E-state index contributed by atoms with van der Waals surface area (Å²) in [5, 5.41) is 0. The van der Waals surface area contributed by atoms with Crippen molar-refractivity contribution in [1.82, 2.24) is 0 Å². The van der Waals surface area contributed by atoms with E-state index in [4.69, 9.17) is 9.47 Å². The molecule has 0 N–H and O–H groups in total. The molecule has 0 saturated carbocycles. The SMILES string of the molecule is CCCCCC(CCCCC)(C(=O)OCC)C(=O)OCC. The van der Waals surface area contributed by atoms with E-state index in [2.05, 4.69) is 13.8 Å². The van der Waals surface area contributed by atoms with Crippen LogP contribution in [0, 0.1) is 5.41 Å². The van der Waals surface area contributed by atoms with Gasteiger partial charge in [0.1, 0.15) is 0 Å². The lowest BCUT2D eigenvalue weighted by atomic mass is 9.77. The monoisotopic (exact) mass is 300 g/mol. The van der Waals surface area contributed by atoms with E-state index in [1.165, 1.54) is 0 Å². The van der Waals surface area contributed by atoms with Gasteiger partial charge in [0, 0.05) is 0 Å². The van der Waals surface area contributed by atoms with E-state index in [1.807, 2.05) is 0 Å². The van der Waals surface area contributed by atoms with Gasteiger partial charge in [-0.05, 0) is 26.7 Å². The van der Waals surface area contributed by atoms with Crippen molar-refractivity contribution in [3.05, 3.63) is 0 Å². The Balaban J connectivity index is 5.14. The van der Waals surface area contributed by atoms with Crippen LogP contribution in [0.5, 0.6) is 0 Å². The fourth-order valence-corrected chi connectivity index (χ4v) is 2.51. The maximum atomic E-state index is 12.4. The third-order valence-electron chi connectivity index (χ3n) is 3.75. The molecule has 0 saturated heterocycles. The van der Waals surface area contributed by atoms with Crippen molar-refractivity contribution in [3.8, 4) is 0 Å². The Bertz CT molecular complexity index is 269. The zero-order valence-corrected chi connectivity index (χ0v) is 14.2. The van der Waals surface area contributed by atoms with Gasteiger partial charge >= 0.3 is 11.9 Å². The van der Waals surface area contributed by atoms with Crippen molar-refractivity contribution in [1.29, 1.82) is 0 Å². The molecular weight excluding hydrogens is 268 g/mol. The molecular formula is C17H32O4. The summed E-state index contributed by atoms with van der Waals surface area (Å²) < 4.78 is 10.4. The second-order valence-electron chi connectivity index (χ2n) is 5.44. The van der Waals surface area contributed by atoms with Crippen LogP contribution < -0.4 is 0 Å². The number of hydrogen-bond donors (Lipinski definition) is 0. The van der Waals surface area contributed by atoms with Gasteiger partial charge in [0.15, 0.2) is 5.41 Å². The quantitative estimate of drug-likeness (QED) is 0.307. The molecule has 0 aliphatic rings. The summed E-state index contributed by atoms with van der Waals surface area (Å²) in [4.78, 5) is 24.9. The molecule has 0 fully saturated rings. The highest BCUT2D eigenvalue weighted by molar-refractivity contribution is 6.00. The van der Waals surface area contributed by atoms with Crippen LogP contribution in [-0.2, 0) is 19.1 Å². The van der Waals surface area contributed by atoms with Gasteiger partial charge in [-0.1, -0.05) is 52.4 Å². The van der Waals surface area contributed by atoms with Gasteiger partial charge in [-0.15, -0.1) is 0 Å². The van der Waals surface area contributed by atoms with Gasteiger partial charge in [0.2, 0.25) is 0 Å². The Morgan fingerprint density at radius 3 is 1.38 bits per heavy atom. The molecule has 0 radical (unpaired) electrons. The van der Waals surface area contributed by atoms with E-state index in [-0.39, 0.29) is 0 Å². The molecule has 0 aliphatic heterocycles. The molecule has 0 unspecified atom stereocenters. The first-order chi connectivity index (χ1) is 10.1. The van der Waals surface area contributed by atoms with Crippen molar-refractivity contribution < 1.29 is 19.1 Å². The molecule has 124 valence electrons. The third kappa shape index (κ3) is 6.49. The van der Waals surface area contributed by atoms with Crippen LogP contribution in [0.2, 0.25) is 0 Å². The molecule has 0 aromatic carbocycles.